The lowest BCUT2D eigenvalue weighted by Gasteiger charge is -2.27. The van der Waals surface area contributed by atoms with E-state index in [1.165, 1.54) is 0 Å². The Morgan fingerprint density at radius 3 is 2.81 bits per heavy atom. The van der Waals surface area contributed by atoms with Crippen LogP contribution in [0.5, 0.6) is 5.88 Å². The Labute approximate surface area is 187 Å². The fourth-order valence-electron chi connectivity index (χ4n) is 4.88. The number of aromatic nitrogens is 5. The molecular formula is C23H30N6O3. The lowest BCUT2D eigenvalue weighted by atomic mass is 9.85. The van der Waals surface area contributed by atoms with E-state index in [1.807, 2.05) is 51.2 Å². The number of amides is 1. The number of aryl methyl sites for hydroxylation is 1. The van der Waals surface area contributed by atoms with Gasteiger partial charge in [0, 0.05) is 31.9 Å². The number of carbonyl (C=O) groups is 1. The summed E-state index contributed by atoms with van der Waals surface area (Å²) >= 11 is 0. The zero-order valence-corrected chi connectivity index (χ0v) is 19.1. The summed E-state index contributed by atoms with van der Waals surface area (Å²) in [6, 6.07) is 1.92. The average Bonchev–Trinajstić information content (AvgIpc) is 3.49. The first-order valence-corrected chi connectivity index (χ1v) is 11.2. The number of rotatable bonds is 3. The van der Waals surface area contributed by atoms with E-state index in [-0.39, 0.29) is 17.6 Å². The summed E-state index contributed by atoms with van der Waals surface area (Å²) in [5, 5.41) is 8.64. The third-order valence-electron chi connectivity index (χ3n) is 6.38. The maximum absolute atomic E-state index is 12.5. The largest absolute Gasteiger partial charge is 0.473 e. The minimum Gasteiger partial charge on any atom is -0.473 e. The molecule has 4 heterocycles. The topological polar surface area (TPSA) is 86.8 Å². The maximum atomic E-state index is 12.5. The van der Waals surface area contributed by atoms with Gasteiger partial charge in [-0.2, -0.15) is 10.2 Å². The fourth-order valence-corrected chi connectivity index (χ4v) is 4.88. The van der Waals surface area contributed by atoms with E-state index in [0.29, 0.717) is 5.88 Å². The molecule has 1 amide bonds. The third kappa shape index (κ3) is 4.03. The van der Waals surface area contributed by atoms with Gasteiger partial charge < -0.3 is 14.4 Å². The molecule has 9 heteroatoms. The van der Waals surface area contributed by atoms with E-state index < -0.39 is 5.60 Å². The van der Waals surface area contributed by atoms with Crippen molar-refractivity contribution in [2.75, 3.05) is 13.1 Å². The second-order valence-corrected chi connectivity index (χ2v) is 10.1. The SMILES string of the molecule is Cn1cc(-c2cn3nccc3c(O[C@@H]3CC[C@]4(CCN(C(=O)OC(C)(C)C)C4)C3)n2)cn1. The lowest BCUT2D eigenvalue weighted by molar-refractivity contribution is 0.0271. The summed E-state index contributed by atoms with van der Waals surface area (Å²) in [4.78, 5) is 19.2. The molecule has 3 aromatic heterocycles. The predicted molar refractivity (Wildman–Crippen MR) is 118 cm³/mol. The van der Waals surface area contributed by atoms with E-state index in [0.717, 1.165) is 55.5 Å². The van der Waals surface area contributed by atoms with Crippen molar-refractivity contribution in [3.05, 3.63) is 30.9 Å². The second-order valence-electron chi connectivity index (χ2n) is 10.1. The van der Waals surface area contributed by atoms with Crippen molar-refractivity contribution in [1.82, 2.24) is 29.3 Å². The molecule has 0 bridgehead atoms. The number of nitrogens with zero attached hydrogens (tertiary/aromatic N) is 6. The Morgan fingerprint density at radius 2 is 2.06 bits per heavy atom. The van der Waals surface area contributed by atoms with Gasteiger partial charge in [0.1, 0.15) is 17.2 Å². The summed E-state index contributed by atoms with van der Waals surface area (Å²) in [5.74, 6) is 0.591. The van der Waals surface area contributed by atoms with Gasteiger partial charge in [-0.05, 0) is 57.9 Å². The molecule has 0 unspecified atom stereocenters. The number of fused-ring (bicyclic) bond motifs is 1. The molecule has 0 N–H and O–H groups in total. The zero-order valence-electron chi connectivity index (χ0n) is 19.1. The van der Waals surface area contributed by atoms with Crippen LogP contribution in [0.4, 0.5) is 4.79 Å². The smallest absolute Gasteiger partial charge is 0.410 e. The van der Waals surface area contributed by atoms with E-state index in [2.05, 4.69) is 10.2 Å². The van der Waals surface area contributed by atoms with Crippen molar-refractivity contribution in [3.63, 3.8) is 0 Å². The van der Waals surface area contributed by atoms with Gasteiger partial charge in [-0.15, -0.1) is 0 Å². The molecule has 2 atom stereocenters. The molecule has 0 radical (unpaired) electrons. The van der Waals surface area contributed by atoms with Crippen LogP contribution >= 0.6 is 0 Å². The monoisotopic (exact) mass is 438 g/mol. The van der Waals surface area contributed by atoms with Crippen molar-refractivity contribution in [2.45, 2.75) is 58.2 Å². The van der Waals surface area contributed by atoms with Gasteiger partial charge in [0.15, 0.2) is 0 Å². The molecule has 1 aliphatic heterocycles. The Hall–Kier alpha value is -3.10. The fraction of sp³-hybridized carbons (Fsp3) is 0.565. The molecule has 2 aliphatic rings. The quantitative estimate of drug-likeness (QED) is 0.620. The number of hydrogen-bond donors (Lipinski definition) is 0. The van der Waals surface area contributed by atoms with Gasteiger partial charge in [0.25, 0.3) is 0 Å². The second kappa shape index (κ2) is 7.50. The molecule has 2 fully saturated rings. The number of carbonyl (C=O) groups excluding carboxylic acids is 1. The standard InChI is InChI=1S/C23H30N6O3/c1-22(2,3)32-21(30)28-10-8-23(15-28)7-5-17(11-23)31-20-19-6-9-24-29(19)14-18(26-20)16-12-25-27(4)13-16/h6,9,12-14,17H,5,7-8,10-11,15H2,1-4H3/t17-,23+/m1/s1. The van der Waals surface area contributed by atoms with Gasteiger partial charge in [-0.25, -0.2) is 14.3 Å². The van der Waals surface area contributed by atoms with Gasteiger partial charge in [-0.1, -0.05) is 0 Å². The van der Waals surface area contributed by atoms with Crippen LogP contribution in [0.25, 0.3) is 16.8 Å². The molecule has 170 valence electrons. The Balaban J connectivity index is 1.31. The highest BCUT2D eigenvalue weighted by atomic mass is 16.6. The van der Waals surface area contributed by atoms with Crippen LogP contribution in [-0.2, 0) is 11.8 Å². The lowest BCUT2D eigenvalue weighted by Crippen LogP contribution is -2.36. The van der Waals surface area contributed by atoms with Crippen molar-refractivity contribution in [3.8, 4) is 17.1 Å². The normalized spacial score (nSPS) is 23.4. The van der Waals surface area contributed by atoms with Crippen LogP contribution in [0.15, 0.2) is 30.9 Å². The molecule has 1 spiro atoms. The molecule has 1 aliphatic carbocycles. The average molecular weight is 439 g/mol. The Morgan fingerprint density at radius 1 is 1.22 bits per heavy atom. The van der Waals surface area contributed by atoms with Crippen LogP contribution < -0.4 is 4.74 Å². The first-order valence-electron chi connectivity index (χ1n) is 11.2. The molecule has 0 aromatic carbocycles. The first-order chi connectivity index (χ1) is 15.2. The minimum absolute atomic E-state index is 0.0592. The number of likely N-dealkylation sites (tertiary alicyclic amines) is 1. The molecule has 1 saturated carbocycles. The molecule has 3 aromatic rings. The van der Waals surface area contributed by atoms with Crippen LogP contribution in [0.2, 0.25) is 0 Å². The molecule has 5 rings (SSSR count). The first kappa shape index (κ1) is 20.8. The summed E-state index contributed by atoms with van der Waals surface area (Å²) in [6.45, 7) is 7.18. The van der Waals surface area contributed by atoms with Gasteiger partial charge >= 0.3 is 6.09 Å². The van der Waals surface area contributed by atoms with Crippen LogP contribution in [0.3, 0.4) is 0 Å². The summed E-state index contributed by atoms with van der Waals surface area (Å²) < 4.78 is 15.6. The summed E-state index contributed by atoms with van der Waals surface area (Å²) in [5.41, 5.74) is 2.16. The van der Waals surface area contributed by atoms with Crippen LogP contribution in [0, 0.1) is 5.41 Å². The van der Waals surface area contributed by atoms with E-state index >= 15 is 0 Å². The molecule has 32 heavy (non-hydrogen) atoms. The minimum atomic E-state index is -0.476. The highest BCUT2D eigenvalue weighted by molar-refractivity contribution is 5.68. The molecule has 9 nitrogen and oxygen atoms in total. The highest BCUT2D eigenvalue weighted by Crippen LogP contribution is 2.47. The Kier molecular flexibility index (Phi) is 4.87. The van der Waals surface area contributed by atoms with E-state index in [4.69, 9.17) is 14.5 Å². The van der Waals surface area contributed by atoms with E-state index in [1.54, 1.807) is 21.6 Å². The maximum Gasteiger partial charge on any atom is 0.410 e. The van der Waals surface area contributed by atoms with Crippen LogP contribution in [-0.4, -0.2) is 60.2 Å². The van der Waals surface area contributed by atoms with Gasteiger partial charge in [0.2, 0.25) is 5.88 Å². The molecule has 1 saturated heterocycles. The van der Waals surface area contributed by atoms with Crippen LogP contribution in [0.1, 0.15) is 46.5 Å². The summed E-state index contributed by atoms with van der Waals surface area (Å²) in [7, 11) is 1.88. The number of hydrogen-bond acceptors (Lipinski definition) is 6. The predicted octanol–water partition coefficient (Wildman–Crippen LogP) is 3.69. The van der Waals surface area contributed by atoms with Gasteiger partial charge in [-0.3, -0.25) is 4.68 Å². The van der Waals surface area contributed by atoms with Crippen molar-refractivity contribution < 1.29 is 14.3 Å². The Bertz CT molecular complexity index is 1150. The van der Waals surface area contributed by atoms with Crippen molar-refractivity contribution >= 4 is 11.6 Å². The number of ether oxygens (including phenoxy) is 2. The van der Waals surface area contributed by atoms with E-state index in [9.17, 15) is 4.79 Å². The van der Waals surface area contributed by atoms with Crippen molar-refractivity contribution in [2.24, 2.45) is 12.5 Å². The third-order valence-corrected chi connectivity index (χ3v) is 6.38. The van der Waals surface area contributed by atoms with Crippen molar-refractivity contribution in [1.29, 1.82) is 0 Å². The summed E-state index contributed by atoms with van der Waals surface area (Å²) in [6.07, 6.45) is 11.1. The molecular weight excluding hydrogens is 408 g/mol. The zero-order chi connectivity index (χ0) is 22.5. The van der Waals surface area contributed by atoms with Gasteiger partial charge in [0.05, 0.1) is 24.3 Å². The highest BCUT2D eigenvalue weighted by Gasteiger charge is 2.47.